The van der Waals surface area contributed by atoms with Gasteiger partial charge in [0.05, 0.1) is 12.2 Å². The number of ether oxygens (including phenoxy) is 2. The van der Waals surface area contributed by atoms with E-state index in [9.17, 15) is 8.78 Å². The van der Waals surface area contributed by atoms with Crippen molar-refractivity contribution in [3.05, 3.63) is 0 Å². The summed E-state index contributed by atoms with van der Waals surface area (Å²) in [5.41, 5.74) is 0. The maximum absolute atomic E-state index is 14.5. The summed E-state index contributed by atoms with van der Waals surface area (Å²) in [5.74, 6) is 3.34. The Morgan fingerprint density at radius 3 is 1.66 bits per heavy atom. The Labute approximate surface area is 177 Å². The van der Waals surface area contributed by atoms with Crippen LogP contribution in [0.25, 0.3) is 0 Å². The average molecular weight is 415 g/mol. The fourth-order valence-electron chi connectivity index (χ4n) is 6.12. The number of halogens is 2. The Bertz CT molecular complexity index is 444. The van der Waals surface area contributed by atoms with Crippen LogP contribution in [0.2, 0.25) is 0 Å². The van der Waals surface area contributed by atoms with Crippen LogP contribution in [0.4, 0.5) is 8.78 Å². The molecule has 3 saturated carbocycles. The monoisotopic (exact) mass is 414 g/mol. The lowest BCUT2D eigenvalue weighted by atomic mass is 9.69. The molecule has 0 heterocycles. The van der Waals surface area contributed by atoms with Crippen molar-refractivity contribution in [1.82, 2.24) is 0 Å². The first-order valence-electron chi connectivity index (χ1n) is 12.6. The lowest BCUT2D eigenvalue weighted by molar-refractivity contribution is -0.123. The Hall–Kier alpha value is -0.220. The van der Waals surface area contributed by atoms with Gasteiger partial charge in [0, 0.05) is 13.2 Å². The molecule has 0 aromatic carbocycles. The molecular weight excluding hydrogens is 370 g/mol. The van der Waals surface area contributed by atoms with Gasteiger partial charge in [-0.25, -0.2) is 8.78 Å². The van der Waals surface area contributed by atoms with Crippen molar-refractivity contribution in [2.75, 3.05) is 13.2 Å². The van der Waals surface area contributed by atoms with E-state index in [4.69, 9.17) is 9.47 Å². The minimum absolute atomic E-state index is 0.507. The second kappa shape index (κ2) is 12.0. The van der Waals surface area contributed by atoms with Crippen LogP contribution in [0, 0.1) is 23.7 Å². The van der Waals surface area contributed by atoms with Crippen LogP contribution in [-0.4, -0.2) is 37.8 Å². The van der Waals surface area contributed by atoms with Crippen LogP contribution >= 0.6 is 0 Å². The molecular formula is C25H44F2O2. The second-order valence-electron chi connectivity index (χ2n) is 10.1. The van der Waals surface area contributed by atoms with E-state index in [-0.39, 0.29) is 0 Å². The minimum Gasteiger partial charge on any atom is -0.375 e. The van der Waals surface area contributed by atoms with E-state index in [2.05, 4.69) is 6.92 Å². The molecule has 3 aliphatic carbocycles. The molecule has 170 valence electrons. The van der Waals surface area contributed by atoms with Crippen molar-refractivity contribution in [3.8, 4) is 0 Å². The van der Waals surface area contributed by atoms with Gasteiger partial charge in [-0.3, -0.25) is 0 Å². The number of alkyl halides is 2. The van der Waals surface area contributed by atoms with E-state index in [1.165, 1.54) is 64.2 Å². The van der Waals surface area contributed by atoms with Crippen LogP contribution < -0.4 is 0 Å². The van der Waals surface area contributed by atoms with E-state index in [1.54, 1.807) is 0 Å². The van der Waals surface area contributed by atoms with E-state index in [0.29, 0.717) is 32.0 Å². The van der Waals surface area contributed by atoms with Gasteiger partial charge in [0.2, 0.25) is 0 Å². The third-order valence-corrected chi connectivity index (χ3v) is 7.98. The van der Waals surface area contributed by atoms with E-state index in [1.807, 2.05) is 6.92 Å². The van der Waals surface area contributed by atoms with Crippen LogP contribution in [0.5, 0.6) is 0 Å². The number of hydrogen-bond acceptors (Lipinski definition) is 2. The molecule has 3 aliphatic rings. The average Bonchev–Trinajstić information content (AvgIpc) is 2.75. The van der Waals surface area contributed by atoms with Crippen molar-refractivity contribution >= 4 is 0 Å². The summed E-state index contributed by atoms with van der Waals surface area (Å²) in [5, 5.41) is 0. The topological polar surface area (TPSA) is 18.5 Å². The van der Waals surface area contributed by atoms with E-state index >= 15 is 0 Å². The summed E-state index contributed by atoms with van der Waals surface area (Å²) in [6.07, 6.45) is 11.2. The molecule has 3 fully saturated rings. The third-order valence-electron chi connectivity index (χ3n) is 7.98. The molecule has 3 rings (SSSR count). The summed E-state index contributed by atoms with van der Waals surface area (Å²) in [7, 11) is 0. The van der Waals surface area contributed by atoms with Gasteiger partial charge in [0.1, 0.15) is 0 Å². The molecule has 0 aromatic rings. The minimum atomic E-state index is -1.54. The smallest absolute Gasteiger partial charge is 0.160 e. The van der Waals surface area contributed by atoms with Crippen LogP contribution in [0.3, 0.4) is 0 Å². The lowest BCUT2D eigenvalue weighted by Crippen LogP contribution is -2.47. The first-order valence-corrected chi connectivity index (χ1v) is 12.6. The molecule has 0 amide bonds. The fourth-order valence-corrected chi connectivity index (χ4v) is 6.12. The first kappa shape index (κ1) is 23.4. The summed E-state index contributed by atoms with van der Waals surface area (Å²) in [6, 6.07) is 0. The van der Waals surface area contributed by atoms with Gasteiger partial charge >= 0.3 is 0 Å². The molecule has 4 atom stereocenters. The molecule has 2 nitrogen and oxygen atoms in total. The molecule has 0 bridgehead atoms. The van der Waals surface area contributed by atoms with Gasteiger partial charge in [0.15, 0.2) is 12.3 Å². The Morgan fingerprint density at radius 1 is 0.621 bits per heavy atom. The zero-order valence-corrected chi connectivity index (χ0v) is 18.8. The Kier molecular flexibility index (Phi) is 9.68. The van der Waals surface area contributed by atoms with Crippen molar-refractivity contribution < 1.29 is 18.3 Å². The molecule has 0 N–H and O–H groups in total. The fraction of sp³-hybridized carbons (Fsp3) is 1.00. The largest absolute Gasteiger partial charge is 0.375 e. The summed E-state index contributed by atoms with van der Waals surface area (Å²) in [6.45, 7) is 5.41. The van der Waals surface area contributed by atoms with Gasteiger partial charge in [0.25, 0.3) is 0 Å². The van der Waals surface area contributed by atoms with E-state index in [0.717, 1.165) is 24.2 Å². The summed E-state index contributed by atoms with van der Waals surface area (Å²) in [4.78, 5) is 0. The third kappa shape index (κ3) is 6.63. The first-order chi connectivity index (χ1) is 14.1. The quantitative estimate of drug-likeness (QED) is 0.402. The normalized spacial score (nSPS) is 41.4. The van der Waals surface area contributed by atoms with Gasteiger partial charge < -0.3 is 9.47 Å². The van der Waals surface area contributed by atoms with Gasteiger partial charge in [-0.05, 0) is 81.5 Å². The van der Waals surface area contributed by atoms with Gasteiger partial charge in [-0.2, -0.15) is 0 Å². The molecule has 0 radical (unpaired) electrons. The van der Waals surface area contributed by atoms with Gasteiger partial charge in [-0.1, -0.05) is 39.5 Å². The standard InChI is InChI=1S/C25H44F2O2/c1-3-5-18-6-10-20(11-7-18)21-12-8-19(9-13-21)17-29-23-15-14-22(28-16-4-2)24(26)25(23)27/h18-25H,3-17H2,1-2H3. The highest BCUT2D eigenvalue weighted by atomic mass is 19.2. The summed E-state index contributed by atoms with van der Waals surface area (Å²) < 4.78 is 40.2. The highest BCUT2D eigenvalue weighted by Crippen LogP contribution is 2.42. The van der Waals surface area contributed by atoms with Crippen LogP contribution in [-0.2, 0) is 9.47 Å². The molecule has 4 heteroatoms. The van der Waals surface area contributed by atoms with Crippen molar-refractivity contribution in [3.63, 3.8) is 0 Å². The zero-order chi connectivity index (χ0) is 20.6. The maximum Gasteiger partial charge on any atom is 0.160 e. The van der Waals surface area contributed by atoms with E-state index < -0.39 is 24.6 Å². The molecule has 0 aliphatic heterocycles. The molecule has 0 saturated heterocycles. The lowest BCUT2D eigenvalue weighted by Gasteiger charge is -2.39. The van der Waals surface area contributed by atoms with Crippen molar-refractivity contribution in [2.45, 2.75) is 122 Å². The second-order valence-corrected chi connectivity index (χ2v) is 10.1. The SMILES string of the molecule is CCCOC1CCC(OCC2CCC(C3CCC(CCC)CC3)CC2)C(F)C1F. The predicted octanol–water partition coefficient (Wildman–Crippen LogP) is 7.05. The Balaban J connectivity index is 1.33. The van der Waals surface area contributed by atoms with Crippen molar-refractivity contribution in [2.24, 2.45) is 23.7 Å². The predicted molar refractivity (Wildman–Crippen MR) is 115 cm³/mol. The molecule has 4 unspecified atom stereocenters. The molecule has 0 aromatic heterocycles. The highest BCUT2D eigenvalue weighted by Gasteiger charge is 2.42. The number of hydrogen-bond donors (Lipinski definition) is 0. The zero-order valence-electron chi connectivity index (χ0n) is 18.8. The molecule has 0 spiro atoms. The van der Waals surface area contributed by atoms with Crippen molar-refractivity contribution in [1.29, 1.82) is 0 Å². The summed E-state index contributed by atoms with van der Waals surface area (Å²) >= 11 is 0. The maximum atomic E-state index is 14.5. The molecule has 29 heavy (non-hydrogen) atoms. The highest BCUT2D eigenvalue weighted by molar-refractivity contribution is 4.90. The Morgan fingerprint density at radius 2 is 1.14 bits per heavy atom. The van der Waals surface area contributed by atoms with Gasteiger partial charge in [-0.15, -0.1) is 0 Å². The number of rotatable bonds is 9. The van der Waals surface area contributed by atoms with Crippen LogP contribution in [0.1, 0.15) is 97.3 Å². The van der Waals surface area contributed by atoms with Crippen LogP contribution in [0.15, 0.2) is 0 Å².